The highest BCUT2D eigenvalue weighted by Gasteiger charge is 2.08. The number of hydrogen-bond acceptors (Lipinski definition) is 4. The number of ether oxygens (including phenoxy) is 1. The lowest BCUT2D eigenvalue weighted by molar-refractivity contribution is -0.145. The molecule has 5 heteroatoms. The number of nitrogens with two attached hydrogens (primary N) is 1. The highest BCUT2D eigenvalue weighted by atomic mass is 16.5. The third kappa shape index (κ3) is 2.62. The molecule has 1 rings (SSSR count). The van der Waals surface area contributed by atoms with E-state index in [1.165, 1.54) is 6.07 Å². The molecule has 2 N–H and O–H groups in total. The highest BCUT2D eigenvalue weighted by Crippen LogP contribution is 2.08. The van der Waals surface area contributed by atoms with E-state index in [2.05, 4.69) is 0 Å². The normalized spacial score (nSPS) is 9.79. The molecule has 0 aliphatic carbocycles. The monoisotopic (exact) mass is 197 g/mol. The number of carbonyl (C=O) groups is 2. The van der Waals surface area contributed by atoms with Crippen molar-refractivity contribution in [2.45, 2.75) is 20.0 Å². The summed E-state index contributed by atoms with van der Waals surface area (Å²) in [5, 5.41) is 0. The zero-order chi connectivity index (χ0) is 10.6. The molecule has 0 saturated heterocycles. The molecule has 76 valence electrons. The van der Waals surface area contributed by atoms with E-state index in [9.17, 15) is 9.59 Å². The van der Waals surface area contributed by atoms with E-state index >= 15 is 0 Å². The molecule has 0 unspecified atom stereocenters. The lowest BCUT2D eigenvalue weighted by atomic mass is 10.4. The average Bonchev–Trinajstić information content (AvgIpc) is 2.62. The van der Waals surface area contributed by atoms with Crippen LogP contribution in [0.15, 0.2) is 16.5 Å². The van der Waals surface area contributed by atoms with Gasteiger partial charge in [-0.3, -0.25) is 9.59 Å². The number of esters is 1. The molecular weight excluding hydrogens is 186 g/mol. The van der Waals surface area contributed by atoms with Crippen molar-refractivity contribution in [1.82, 2.24) is 0 Å². The van der Waals surface area contributed by atoms with Crippen molar-refractivity contribution in [3.05, 3.63) is 23.7 Å². The fraction of sp³-hybridized carbons (Fsp3) is 0.333. The van der Waals surface area contributed by atoms with Crippen molar-refractivity contribution >= 4 is 11.9 Å². The van der Waals surface area contributed by atoms with Gasteiger partial charge in [-0.2, -0.15) is 0 Å². The van der Waals surface area contributed by atoms with Crippen LogP contribution in [0.3, 0.4) is 0 Å². The summed E-state index contributed by atoms with van der Waals surface area (Å²) in [7, 11) is 0. The SMILES string of the molecule is CCC(=O)OCc1ccc(C(N)=O)o1. The number of furan rings is 1. The van der Waals surface area contributed by atoms with Gasteiger partial charge in [-0.1, -0.05) is 6.92 Å². The molecule has 5 nitrogen and oxygen atoms in total. The van der Waals surface area contributed by atoms with E-state index in [4.69, 9.17) is 14.9 Å². The van der Waals surface area contributed by atoms with E-state index in [0.29, 0.717) is 12.2 Å². The van der Waals surface area contributed by atoms with Gasteiger partial charge in [-0.05, 0) is 12.1 Å². The fourth-order valence-corrected chi connectivity index (χ4v) is 0.842. The Morgan fingerprint density at radius 3 is 2.71 bits per heavy atom. The molecule has 0 aliphatic heterocycles. The Kier molecular flexibility index (Phi) is 3.28. The highest BCUT2D eigenvalue weighted by molar-refractivity contribution is 5.89. The second-order valence-corrected chi connectivity index (χ2v) is 2.64. The second-order valence-electron chi connectivity index (χ2n) is 2.64. The van der Waals surface area contributed by atoms with Gasteiger partial charge in [0.25, 0.3) is 5.91 Å². The first kappa shape index (κ1) is 10.3. The first-order chi connectivity index (χ1) is 6.63. The van der Waals surface area contributed by atoms with Crippen molar-refractivity contribution < 1.29 is 18.7 Å². The quantitative estimate of drug-likeness (QED) is 0.724. The van der Waals surface area contributed by atoms with Gasteiger partial charge in [-0.15, -0.1) is 0 Å². The average molecular weight is 197 g/mol. The van der Waals surface area contributed by atoms with Crippen LogP contribution in [0.2, 0.25) is 0 Å². The van der Waals surface area contributed by atoms with E-state index in [0.717, 1.165) is 0 Å². The number of amides is 1. The van der Waals surface area contributed by atoms with Gasteiger partial charge in [0.15, 0.2) is 5.76 Å². The standard InChI is InChI=1S/C9H11NO4/c1-2-8(11)13-5-6-3-4-7(14-6)9(10)12/h3-4H,2,5H2,1H3,(H2,10,12). The summed E-state index contributed by atoms with van der Waals surface area (Å²) < 4.78 is 9.77. The number of rotatable bonds is 4. The molecule has 0 radical (unpaired) electrons. The molecule has 0 aromatic carbocycles. The summed E-state index contributed by atoms with van der Waals surface area (Å²) in [5.74, 6) is -0.492. The summed E-state index contributed by atoms with van der Waals surface area (Å²) in [5.41, 5.74) is 4.97. The first-order valence-electron chi connectivity index (χ1n) is 4.17. The fourth-order valence-electron chi connectivity index (χ4n) is 0.842. The van der Waals surface area contributed by atoms with Crippen molar-refractivity contribution in [3.8, 4) is 0 Å². The van der Waals surface area contributed by atoms with Crippen LogP contribution >= 0.6 is 0 Å². The molecule has 14 heavy (non-hydrogen) atoms. The zero-order valence-corrected chi connectivity index (χ0v) is 7.78. The van der Waals surface area contributed by atoms with Gasteiger partial charge in [0, 0.05) is 6.42 Å². The third-order valence-corrected chi connectivity index (χ3v) is 1.57. The van der Waals surface area contributed by atoms with Crippen LogP contribution in [0.5, 0.6) is 0 Å². The number of hydrogen-bond donors (Lipinski definition) is 1. The molecule has 1 amide bonds. The van der Waals surface area contributed by atoms with Gasteiger partial charge in [-0.25, -0.2) is 0 Å². The van der Waals surface area contributed by atoms with Crippen LogP contribution in [-0.2, 0) is 16.1 Å². The number of carbonyl (C=O) groups excluding carboxylic acids is 2. The largest absolute Gasteiger partial charge is 0.457 e. The topological polar surface area (TPSA) is 82.5 Å². The van der Waals surface area contributed by atoms with Crippen molar-refractivity contribution in [3.63, 3.8) is 0 Å². The van der Waals surface area contributed by atoms with Gasteiger partial charge < -0.3 is 14.9 Å². The Balaban J connectivity index is 2.52. The molecule has 1 aromatic rings. The van der Waals surface area contributed by atoms with Crippen LogP contribution in [0, 0.1) is 0 Å². The summed E-state index contributed by atoms with van der Waals surface area (Å²) in [6, 6.07) is 2.99. The van der Waals surface area contributed by atoms with Crippen LogP contribution in [0.25, 0.3) is 0 Å². The molecule has 0 atom stereocenters. The maximum atomic E-state index is 10.8. The van der Waals surface area contributed by atoms with Crippen LogP contribution in [-0.4, -0.2) is 11.9 Å². The Hall–Kier alpha value is -1.78. The molecule has 0 spiro atoms. The predicted molar refractivity (Wildman–Crippen MR) is 47.3 cm³/mol. The summed E-state index contributed by atoms with van der Waals surface area (Å²) in [4.78, 5) is 21.4. The van der Waals surface area contributed by atoms with Crippen molar-refractivity contribution in [2.75, 3.05) is 0 Å². The molecule has 0 saturated carbocycles. The van der Waals surface area contributed by atoms with Gasteiger partial charge in [0.05, 0.1) is 0 Å². The van der Waals surface area contributed by atoms with Crippen LogP contribution < -0.4 is 5.73 Å². The Bertz CT molecular complexity index is 342. The van der Waals surface area contributed by atoms with Crippen molar-refractivity contribution in [1.29, 1.82) is 0 Å². The maximum Gasteiger partial charge on any atom is 0.305 e. The van der Waals surface area contributed by atoms with E-state index in [-0.39, 0.29) is 18.3 Å². The minimum Gasteiger partial charge on any atom is -0.457 e. The van der Waals surface area contributed by atoms with Crippen LogP contribution in [0.4, 0.5) is 0 Å². The molecule has 0 aliphatic rings. The maximum absolute atomic E-state index is 10.8. The smallest absolute Gasteiger partial charge is 0.305 e. The van der Waals surface area contributed by atoms with Crippen molar-refractivity contribution in [2.24, 2.45) is 5.73 Å². The first-order valence-corrected chi connectivity index (χ1v) is 4.17. The predicted octanol–water partition coefficient (Wildman–Crippen LogP) is 0.832. The minimum absolute atomic E-state index is 0.0277. The Morgan fingerprint density at radius 1 is 1.50 bits per heavy atom. The lowest BCUT2D eigenvalue weighted by Gasteiger charge is -1.98. The third-order valence-electron chi connectivity index (χ3n) is 1.57. The van der Waals surface area contributed by atoms with E-state index in [1.807, 2.05) is 0 Å². The van der Waals surface area contributed by atoms with Crippen LogP contribution in [0.1, 0.15) is 29.7 Å². The molecule has 1 heterocycles. The van der Waals surface area contributed by atoms with Gasteiger partial charge in [0.1, 0.15) is 12.4 Å². The molecule has 0 fully saturated rings. The van der Waals surface area contributed by atoms with Gasteiger partial charge in [0.2, 0.25) is 0 Å². The molecule has 0 bridgehead atoms. The molecule has 1 aromatic heterocycles. The van der Waals surface area contributed by atoms with E-state index in [1.54, 1.807) is 13.0 Å². The van der Waals surface area contributed by atoms with E-state index < -0.39 is 5.91 Å². The second kappa shape index (κ2) is 4.45. The van der Waals surface area contributed by atoms with Gasteiger partial charge >= 0.3 is 5.97 Å². The minimum atomic E-state index is -0.641. The Morgan fingerprint density at radius 2 is 2.21 bits per heavy atom. The Labute approximate surface area is 80.8 Å². The summed E-state index contributed by atoms with van der Waals surface area (Å²) in [6.45, 7) is 1.72. The molecular formula is C9H11NO4. The summed E-state index contributed by atoms with van der Waals surface area (Å²) in [6.07, 6.45) is 0.309. The zero-order valence-electron chi connectivity index (χ0n) is 7.78. The lowest BCUT2D eigenvalue weighted by Crippen LogP contribution is -2.09. The number of primary amides is 1. The summed E-state index contributed by atoms with van der Waals surface area (Å²) >= 11 is 0.